The van der Waals surface area contributed by atoms with Gasteiger partial charge in [0.05, 0.1) is 0 Å². The molecule has 1 aromatic carbocycles. The lowest BCUT2D eigenvalue weighted by atomic mass is 10.1. The van der Waals surface area contributed by atoms with Gasteiger partial charge in [0.1, 0.15) is 11.6 Å². The van der Waals surface area contributed by atoms with Crippen molar-refractivity contribution in [2.75, 3.05) is 19.7 Å². The van der Waals surface area contributed by atoms with Gasteiger partial charge in [-0.2, -0.15) is 0 Å². The summed E-state index contributed by atoms with van der Waals surface area (Å²) in [5, 5.41) is 12.3. The van der Waals surface area contributed by atoms with Gasteiger partial charge in [-0.1, -0.05) is 6.07 Å². The molecule has 1 saturated carbocycles. The van der Waals surface area contributed by atoms with Gasteiger partial charge in [0.15, 0.2) is 0 Å². The first kappa shape index (κ1) is 12.5. The molecule has 1 fully saturated rings. The van der Waals surface area contributed by atoms with Crippen molar-refractivity contribution >= 4 is 0 Å². The topological polar surface area (TPSA) is 32.3 Å². The van der Waals surface area contributed by atoms with Gasteiger partial charge in [0.2, 0.25) is 0 Å². The van der Waals surface area contributed by atoms with E-state index in [4.69, 9.17) is 5.11 Å². The molecule has 1 aliphatic rings. The third kappa shape index (κ3) is 3.23. The molecule has 2 rings (SSSR count). The summed E-state index contributed by atoms with van der Waals surface area (Å²) in [5.74, 6) is -1.04. The van der Waals surface area contributed by atoms with Gasteiger partial charge < -0.3 is 10.4 Å². The molecule has 2 nitrogen and oxygen atoms in total. The monoisotopic (exact) mass is 241 g/mol. The van der Waals surface area contributed by atoms with Crippen molar-refractivity contribution in [1.82, 2.24) is 5.32 Å². The van der Waals surface area contributed by atoms with E-state index in [1.807, 2.05) is 0 Å². The molecule has 0 radical (unpaired) electrons. The van der Waals surface area contributed by atoms with Crippen LogP contribution in [0.5, 0.6) is 0 Å². The van der Waals surface area contributed by atoms with Crippen LogP contribution in [0.2, 0.25) is 0 Å². The van der Waals surface area contributed by atoms with Crippen LogP contribution in [-0.2, 0) is 6.42 Å². The maximum Gasteiger partial charge on any atom is 0.129 e. The number of hydrogen-bond donors (Lipinski definition) is 2. The Bertz CT molecular complexity index is 391. The quantitative estimate of drug-likeness (QED) is 0.745. The van der Waals surface area contributed by atoms with Gasteiger partial charge >= 0.3 is 0 Å². The van der Waals surface area contributed by atoms with Crippen LogP contribution < -0.4 is 5.32 Å². The summed E-state index contributed by atoms with van der Waals surface area (Å²) in [6.45, 7) is 1.63. The molecule has 0 spiro atoms. The Morgan fingerprint density at radius 2 is 2.06 bits per heavy atom. The van der Waals surface area contributed by atoms with E-state index in [0.717, 1.165) is 25.5 Å². The van der Waals surface area contributed by atoms with E-state index in [2.05, 4.69) is 5.32 Å². The minimum Gasteiger partial charge on any atom is -0.396 e. The van der Waals surface area contributed by atoms with E-state index >= 15 is 0 Å². The molecule has 0 aliphatic heterocycles. The van der Waals surface area contributed by atoms with Crippen LogP contribution >= 0.6 is 0 Å². The Labute approximate surface area is 99.7 Å². The van der Waals surface area contributed by atoms with Gasteiger partial charge in [-0.25, -0.2) is 8.78 Å². The maximum absolute atomic E-state index is 13.3. The zero-order valence-corrected chi connectivity index (χ0v) is 9.68. The van der Waals surface area contributed by atoms with E-state index in [0.29, 0.717) is 18.5 Å². The molecular weight excluding hydrogens is 224 g/mol. The molecule has 4 heteroatoms. The first-order chi connectivity index (χ1) is 8.15. The molecule has 94 valence electrons. The second-order valence-corrected chi connectivity index (χ2v) is 4.82. The van der Waals surface area contributed by atoms with Crippen LogP contribution in [0.4, 0.5) is 8.78 Å². The maximum atomic E-state index is 13.3. The largest absolute Gasteiger partial charge is 0.396 e. The van der Waals surface area contributed by atoms with Crippen molar-refractivity contribution in [3.63, 3.8) is 0 Å². The third-order valence-corrected chi connectivity index (χ3v) is 3.38. The predicted molar refractivity (Wildman–Crippen MR) is 61.7 cm³/mol. The highest BCUT2D eigenvalue weighted by atomic mass is 19.1. The summed E-state index contributed by atoms with van der Waals surface area (Å²) in [4.78, 5) is 0. The lowest BCUT2D eigenvalue weighted by molar-refractivity contribution is 0.208. The molecular formula is C13H17F2NO. The van der Waals surface area contributed by atoms with Gasteiger partial charge in [-0.05, 0) is 37.4 Å². The number of nitrogens with one attached hydrogen (secondary N) is 1. The first-order valence-corrected chi connectivity index (χ1v) is 5.91. The Morgan fingerprint density at radius 1 is 1.29 bits per heavy atom. The number of halogens is 2. The summed E-state index contributed by atoms with van der Waals surface area (Å²) in [6, 6.07) is 3.66. The molecule has 0 bridgehead atoms. The van der Waals surface area contributed by atoms with Gasteiger partial charge in [-0.3, -0.25) is 0 Å². The Morgan fingerprint density at radius 3 is 2.65 bits per heavy atom. The Balaban J connectivity index is 1.74. The lowest BCUT2D eigenvalue weighted by Crippen LogP contribution is -2.28. The van der Waals surface area contributed by atoms with Crippen molar-refractivity contribution in [3.8, 4) is 0 Å². The summed E-state index contributed by atoms with van der Waals surface area (Å²) in [7, 11) is 0. The molecule has 0 amide bonds. The third-order valence-electron chi connectivity index (χ3n) is 3.38. The second kappa shape index (κ2) is 5.10. The van der Waals surface area contributed by atoms with Crippen LogP contribution in [0.1, 0.15) is 18.4 Å². The van der Waals surface area contributed by atoms with E-state index in [1.54, 1.807) is 0 Å². The van der Waals surface area contributed by atoms with E-state index in [1.165, 1.54) is 12.1 Å². The van der Waals surface area contributed by atoms with Crippen LogP contribution in [0, 0.1) is 17.0 Å². The molecule has 0 saturated heterocycles. The average molecular weight is 241 g/mol. The lowest BCUT2D eigenvalue weighted by Gasteiger charge is -2.12. The molecule has 17 heavy (non-hydrogen) atoms. The minimum absolute atomic E-state index is 0.0708. The number of hydrogen-bond acceptors (Lipinski definition) is 2. The average Bonchev–Trinajstić information content (AvgIpc) is 3.07. The second-order valence-electron chi connectivity index (χ2n) is 4.82. The summed E-state index contributed by atoms with van der Waals surface area (Å²) in [5.41, 5.74) is 0.592. The van der Waals surface area contributed by atoms with Gasteiger partial charge in [0.25, 0.3) is 0 Å². The Hall–Kier alpha value is -1.00. The van der Waals surface area contributed by atoms with Crippen molar-refractivity contribution in [2.24, 2.45) is 5.41 Å². The van der Waals surface area contributed by atoms with Crippen molar-refractivity contribution < 1.29 is 13.9 Å². The molecule has 0 aromatic heterocycles. The molecule has 0 atom stereocenters. The predicted octanol–water partition coefficient (Wildman–Crippen LogP) is 1.87. The molecule has 2 N–H and O–H groups in total. The van der Waals surface area contributed by atoms with Gasteiger partial charge in [0, 0.05) is 24.6 Å². The highest BCUT2D eigenvalue weighted by molar-refractivity contribution is 5.18. The summed E-state index contributed by atoms with van der Waals surface area (Å²) >= 11 is 0. The zero-order chi connectivity index (χ0) is 12.3. The van der Waals surface area contributed by atoms with E-state index in [-0.39, 0.29) is 12.0 Å². The fraction of sp³-hybridized carbons (Fsp3) is 0.538. The number of aliphatic hydroxyl groups is 1. The Kier molecular flexibility index (Phi) is 3.74. The summed E-state index contributed by atoms with van der Waals surface area (Å²) in [6.07, 6.45) is 2.65. The van der Waals surface area contributed by atoms with Crippen molar-refractivity contribution in [2.45, 2.75) is 19.3 Å². The summed E-state index contributed by atoms with van der Waals surface area (Å²) < 4.78 is 25.9. The highest BCUT2D eigenvalue weighted by Crippen LogP contribution is 2.44. The fourth-order valence-corrected chi connectivity index (χ4v) is 1.87. The number of aliphatic hydroxyl groups excluding tert-OH is 1. The standard InChI is InChI=1S/C13H17F2NO/c14-11-2-1-10(12(15)7-11)3-6-16-8-13(9-17)4-5-13/h1-2,7,16-17H,3-6,8-9H2. The molecule has 1 aromatic rings. The smallest absolute Gasteiger partial charge is 0.129 e. The van der Waals surface area contributed by atoms with Crippen LogP contribution in [0.3, 0.4) is 0 Å². The van der Waals surface area contributed by atoms with Crippen LogP contribution in [0.15, 0.2) is 18.2 Å². The van der Waals surface area contributed by atoms with Crippen LogP contribution in [-0.4, -0.2) is 24.8 Å². The van der Waals surface area contributed by atoms with Gasteiger partial charge in [-0.15, -0.1) is 0 Å². The highest BCUT2D eigenvalue weighted by Gasteiger charge is 2.41. The van der Waals surface area contributed by atoms with E-state index < -0.39 is 11.6 Å². The molecule has 0 heterocycles. The normalized spacial score (nSPS) is 17.1. The van der Waals surface area contributed by atoms with Crippen LogP contribution in [0.25, 0.3) is 0 Å². The van der Waals surface area contributed by atoms with Crippen molar-refractivity contribution in [3.05, 3.63) is 35.4 Å². The number of benzene rings is 1. The van der Waals surface area contributed by atoms with Crippen molar-refractivity contribution in [1.29, 1.82) is 0 Å². The fourth-order valence-electron chi connectivity index (χ4n) is 1.87. The van der Waals surface area contributed by atoms with E-state index in [9.17, 15) is 8.78 Å². The first-order valence-electron chi connectivity index (χ1n) is 5.91. The number of rotatable bonds is 6. The SMILES string of the molecule is OCC1(CNCCc2ccc(F)cc2F)CC1. The molecule has 1 aliphatic carbocycles. The molecule has 0 unspecified atom stereocenters. The minimum atomic E-state index is -0.545. The zero-order valence-electron chi connectivity index (χ0n) is 9.68.